The lowest BCUT2D eigenvalue weighted by atomic mass is 10.1. The highest BCUT2D eigenvalue weighted by Crippen LogP contribution is 2.09. The fourth-order valence-electron chi connectivity index (χ4n) is 2.14. The number of hydrogen-bond donors (Lipinski definition) is 1. The molecule has 0 saturated carbocycles. The van der Waals surface area contributed by atoms with Crippen LogP contribution in [-0.4, -0.2) is 22.8 Å². The van der Waals surface area contributed by atoms with Crippen LogP contribution in [0, 0.1) is 11.3 Å². The lowest BCUT2D eigenvalue weighted by Gasteiger charge is -2.17. The Balaban J connectivity index is 1.90. The van der Waals surface area contributed by atoms with Crippen molar-refractivity contribution in [3.8, 4) is 6.07 Å². The van der Waals surface area contributed by atoms with Gasteiger partial charge in [0.15, 0.2) is 0 Å². The van der Waals surface area contributed by atoms with Crippen LogP contribution in [0.3, 0.4) is 0 Å². The molecule has 0 unspecified atom stereocenters. The minimum Gasteiger partial charge on any atom is -0.341 e. The van der Waals surface area contributed by atoms with E-state index in [0.717, 1.165) is 11.1 Å². The number of nitriles is 1. The number of nitrogens with one attached hydrogen (secondary N) is 1. The zero-order valence-electron chi connectivity index (χ0n) is 12.4. The number of rotatable bonds is 5. The fourth-order valence-corrected chi connectivity index (χ4v) is 2.14. The van der Waals surface area contributed by atoms with E-state index in [0.29, 0.717) is 24.9 Å². The Morgan fingerprint density at radius 1 is 1.27 bits per heavy atom. The molecule has 0 saturated heterocycles. The standard InChI is InChI=1S/C17H17N3O2/c1-20(12-15-4-2-3-14(9-15)10-18)17(22)8-6-13-5-7-16(21)19-11-13/h2-5,7,9,11H,6,8,12H2,1H3,(H,19,21). The molecule has 5 heteroatoms. The van der Waals surface area contributed by atoms with Gasteiger partial charge in [-0.15, -0.1) is 0 Å². The maximum atomic E-state index is 12.1. The van der Waals surface area contributed by atoms with Crippen molar-refractivity contribution in [2.45, 2.75) is 19.4 Å². The SMILES string of the molecule is CN(Cc1cccc(C#N)c1)C(=O)CCc1ccc(=O)[nH]c1. The molecule has 0 bridgehead atoms. The summed E-state index contributed by atoms with van der Waals surface area (Å²) in [5, 5.41) is 8.88. The third-order valence-corrected chi connectivity index (χ3v) is 3.38. The first-order chi connectivity index (χ1) is 10.6. The molecule has 0 spiro atoms. The molecule has 1 N–H and O–H groups in total. The molecule has 1 aromatic heterocycles. The molecule has 0 fully saturated rings. The van der Waals surface area contributed by atoms with Gasteiger partial charge in [0.25, 0.3) is 0 Å². The van der Waals surface area contributed by atoms with Gasteiger partial charge in [-0.05, 0) is 29.7 Å². The summed E-state index contributed by atoms with van der Waals surface area (Å²) in [5.41, 5.74) is 2.29. The van der Waals surface area contributed by atoms with Gasteiger partial charge in [0, 0.05) is 32.3 Å². The third kappa shape index (κ3) is 4.32. The van der Waals surface area contributed by atoms with E-state index in [1.54, 1.807) is 36.3 Å². The number of aryl methyl sites for hydroxylation is 1. The summed E-state index contributed by atoms with van der Waals surface area (Å²) < 4.78 is 0. The van der Waals surface area contributed by atoms with Gasteiger partial charge in [-0.25, -0.2) is 0 Å². The molecule has 112 valence electrons. The fraction of sp³-hybridized carbons (Fsp3) is 0.235. The van der Waals surface area contributed by atoms with Crippen molar-refractivity contribution < 1.29 is 4.79 Å². The van der Waals surface area contributed by atoms with E-state index in [1.807, 2.05) is 12.1 Å². The third-order valence-electron chi connectivity index (χ3n) is 3.38. The predicted octanol–water partition coefficient (Wildman–Crippen LogP) is 1.84. The number of nitrogens with zero attached hydrogens (tertiary/aromatic N) is 2. The minimum absolute atomic E-state index is 0.0218. The number of aromatic nitrogens is 1. The molecule has 0 radical (unpaired) electrons. The first kappa shape index (κ1) is 15.5. The number of carbonyl (C=O) groups excluding carboxylic acids is 1. The first-order valence-corrected chi connectivity index (χ1v) is 6.99. The summed E-state index contributed by atoms with van der Waals surface area (Å²) in [6, 6.07) is 12.5. The molecular weight excluding hydrogens is 278 g/mol. The maximum Gasteiger partial charge on any atom is 0.247 e. The Morgan fingerprint density at radius 3 is 2.77 bits per heavy atom. The van der Waals surface area contributed by atoms with Crippen LogP contribution < -0.4 is 5.56 Å². The Morgan fingerprint density at radius 2 is 2.09 bits per heavy atom. The zero-order valence-corrected chi connectivity index (χ0v) is 12.4. The van der Waals surface area contributed by atoms with Gasteiger partial charge in [-0.2, -0.15) is 5.26 Å². The van der Waals surface area contributed by atoms with E-state index in [9.17, 15) is 9.59 Å². The molecule has 0 aliphatic carbocycles. The number of pyridine rings is 1. The smallest absolute Gasteiger partial charge is 0.247 e. The molecule has 22 heavy (non-hydrogen) atoms. The van der Waals surface area contributed by atoms with E-state index >= 15 is 0 Å². The van der Waals surface area contributed by atoms with Crippen LogP contribution in [0.5, 0.6) is 0 Å². The van der Waals surface area contributed by atoms with Crippen LogP contribution in [0.4, 0.5) is 0 Å². The van der Waals surface area contributed by atoms with Gasteiger partial charge in [0.1, 0.15) is 0 Å². The highest BCUT2D eigenvalue weighted by molar-refractivity contribution is 5.76. The van der Waals surface area contributed by atoms with Gasteiger partial charge in [-0.3, -0.25) is 9.59 Å². The van der Waals surface area contributed by atoms with Crippen molar-refractivity contribution in [2.24, 2.45) is 0 Å². The van der Waals surface area contributed by atoms with Crippen LogP contribution >= 0.6 is 0 Å². The highest BCUT2D eigenvalue weighted by Gasteiger charge is 2.10. The number of carbonyl (C=O) groups is 1. The Labute approximate surface area is 128 Å². The topological polar surface area (TPSA) is 77.0 Å². The number of benzene rings is 1. The van der Waals surface area contributed by atoms with Crippen molar-refractivity contribution in [3.63, 3.8) is 0 Å². The Hall–Kier alpha value is -2.87. The molecule has 0 aliphatic rings. The van der Waals surface area contributed by atoms with Gasteiger partial charge in [0.05, 0.1) is 11.6 Å². The molecule has 1 amide bonds. The monoisotopic (exact) mass is 295 g/mol. The predicted molar refractivity (Wildman–Crippen MR) is 83.0 cm³/mol. The summed E-state index contributed by atoms with van der Waals surface area (Å²) in [6.45, 7) is 0.472. The zero-order chi connectivity index (χ0) is 15.9. The molecule has 1 heterocycles. The molecule has 0 atom stereocenters. The van der Waals surface area contributed by atoms with Gasteiger partial charge in [-0.1, -0.05) is 18.2 Å². The Bertz CT molecular complexity index is 738. The molecular formula is C17H17N3O2. The molecule has 5 nitrogen and oxygen atoms in total. The normalized spacial score (nSPS) is 10.0. The average Bonchev–Trinajstić information content (AvgIpc) is 2.54. The number of hydrogen-bond acceptors (Lipinski definition) is 3. The van der Waals surface area contributed by atoms with Crippen LogP contribution in [0.25, 0.3) is 0 Å². The molecule has 0 aliphatic heterocycles. The number of amides is 1. The van der Waals surface area contributed by atoms with E-state index in [4.69, 9.17) is 5.26 Å². The summed E-state index contributed by atoms with van der Waals surface area (Å²) in [5.74, 6) is 0.0218. The summed E-state index contributed by atoms with van der Waals surface area (Å²) in [4.78, 5) is 27.3. The molecule has 2 aromatic rings. The van der Waals surface area contributed by atoms with Gasteiger partial charge in [0.2, 0.25) is 11.5 Å². The largest absolute Gasteiger partial charge is 0.341 e. The van der Waals surface area contributed by atoms with Crippen molar-refractivity contribution in [2.75, 3.05) is 7.05 Å². The second kappa shape index (κ2) is 7.23. The lowest BCUT2D eigenvalue weighted by molar-refractivity contribution is -0.130. The second-order valence-electron chi connectivity index (χ2n) is 5.12. The van der Waals surface area contributed by atoms with Gasteiger partial charge >= 0.3 is 0 Å². The van der Waals surface area contributed by atoms with Gasteiger partial charge < -0.3 is 9.88 Å². The quantitative estimate of drug-likeness (QED) is 0.914. The number of aromatic amines is 1. The lowest BCUT2D eigenvalue weighted by Crippen LogP contribution is -2.26. The van der Waals surface area contributed by atoms with Crippen LogP contribution in [0.2, 0.25) is 0 Å². The van der Waals surface area contributed by atoms with Crippen molar-refractivity contribution >= 4 is 5.91 Å². The van der Waals surface area contributed by atoms with Crippen LogP contribution in [-0.2, 0) is 17.8 Å². The van der Waals surface area contributed by atoms with Crippen molar-refractivity contribution in [1.29, 1.82) is 5.26 Å². The molecule has 2 rings (SSSR count). The maximum absolute atomic E-state index is 12.1. The van der Waals surface area contributed by atoms with Crippen molar-refractivity contribution in [1.82, 2.24) is 9.88 Å². The van der Waals surface area contributed by atoms with E-state index in [2.05, 4.69) is 11.1 Å². The second-order valence-corrected chi connectivity index (χ2v) is 5.12. The van der Waals surface area contributed by atoms with E-state index in [-0.39, 0.29) is 11.5 Å². The van der Waals surface area contributed by atoms with E-state index in [1.165, 1.54) is 6.07 Å². The Kier molecular flexibility index (Phi) is 5.10. The molecule has 1 aromatic carbocycles. The van der Waals surface area contributed by atoms with Crippen LogP contribution in [0.1, 0.15) is 23.1 Å². The number of H-pyrrole nitrogens is 1. The minimum atomic E-state index is -0.149. The summed E-state index contributed by atoms with van der Waals surface area (Å²) in [6.07, 6.45) is 2.59. The van der Waals surface area contributed by atoms with Crippen molar-refractivity contribution in [3.05, 3.63) is 69.6 Å². The summed E-state index contributed by atoms with van der Waals surface area (Å²) >= 11 is 0. The first-order valence-electron chi connectivity index (χ1n) is 6.99. The average molecular weight is 295 g/mol. The summed E-state index contributed by atoms with van der Waals surface area (Å²) in [7, 11) is 1.74. The highest BCUT2D eigenvalue weighted by atomic mass is 16.2. The van der Waals surface area contributed by atoms with E-state index < -0.39 is 0 Å². The van der Waals surface area contributed by atoms with Crippen LogP contribution in [0.15, 0.2) is 47.4 Å².